The minimum atomic E-state index is -2.06. The van der Waals surface area contributed by atoms with Gasteiger partial charge in [0.2, 0.25) is 11.8 Å². The number of carbonyl (C=O) groups is 3. The first-order chi connectivity index (χ1) is 10.8. The van der Waals surface area contributed by atoms with Gasteiger partial charge >= 0.3 is 0 Å². The zero-order valence-corrected chi connectivity index (χ0v) is 15.6. The molecule has 0 heterocycles. The molecule has 0 radical (unpaired) electrons. The maximum atomic E-state index is 12.7. The quantitative estimate of drug-likeness (QED) is 0.332. The molecule has 5 N–H and O–H groups in total. The molecule has 0 aromatic heterocycles. The van der Waals surface area contributed by atoms with E-state index >= 15 is 0 Å². The first-order valence-corrected chi connectivity index (χ1v) is 8.00. The molecule has 8 nitrogen and oxygen atoms in total. The molecule has 0 aliphatic carbocycles. The second-order valence-corrected chi connectivity index (χ2v) is 7.61. The van der Waals surface area contributed by atoms with Crippen LogP contribution in [0.4, 0.5) is 0 Å². The van der Waals surface area contributed by atoms with Crippen molar-refractivity contribution in [1.82, 2.24) is 16.1 Å². The van der Waals surface area contributed by atoms with E-state index in [0.29, 0.717) is 0 Å². The fourth-order valence-electron chi connectivity index (χ4n) is 2.48. The summed E-state index contributed by atoms with van der Waals surface area (Å²) in [6.07, 6.45) is -0.00196. The molecule has 0 aliphatic heterocycles. The summed E-state index contributed by atoms with van der Waals surface area (Å²) < 4.78 is 0. The van der Waals surface area contributed by atoms with Crippen LogP contribution in [-0.4, -0.2) is 46.7 Å². The molecule has 0 saturated heterocycles. The molecular formula is C16H31N3O5. The van der Waals surface area contributed by atoms with Gasteiger partial charge in [0.15, 0.2) is 5.60 Å². The van der Waals surface area contributed by atoms with Gasteiger partial charge in [-0.3, -0.25) is 19.6 Å². The van der Waals surface area contributed by atoms with E-state index in [1.807, 2.05) is 0 Å². The van der Waals surface area contributed by atoms with Crippen molar-refractivity contribution < 1.29 is 24.7 Å². The predicted molar refractivity (Wildman–Crippen MR) is 89.0 cm³/mol. The highest BCUT2D eigenvalue weighted by atomic mass is 16.5. The monoisotopic (exact) mass is 345 g/mol. The van der Waals surface area contributed by atoms with Crippen LogP contribution in [0.15, 0.2) is 0 Å². The fraction of sp³-hybridized carbons (Fsp3) is 0.812. The van der Waals surface area contributed by atoms with Crippen molar-refractivity contribution in [3.63, 3.8) is 0 Å². The van der Waals surface area contributed by atoms with E-state index in [9.17, 15) is 19.5 Å². The smallest absolute Gasteiger partial charge is 0.253 e. The predicted octanol–water partition coefficient (Wildman–Crippen LogP) is 0.182. The summed E-state index contributed by atoms with van der Waals surface area (Å²) in [6, 6.07) is -0.891. The molecule has 3 unspecified atom stereocenters. The summed E-state index contributed by atoms with van der Waals surface area (Å²) in [4.78, 5) is 36.6. The van der Waals surface area contributed by atoms with E-state index in [1.54, 1.807) is 34.6 Å². The van der Waals surface area contributed by atoms with E-state index < -0.39 is 40.7 Å². The highest BCUT2D eigenvalue weighted by molar-refractivity contribution is 5.95. The summed E-state index contributed by atoms with van der Waals surface area (Å²) in [7, 11) is 1.45. The van der Waals surface area contributed by atoms with Crippen LogP contribution >= 0.6 is 0 Å². The third-order valence-corrected chi connectivity index (χ3v) is 3.98. The lowest BCUT2D eigenvalue weighted by molar-refractivity contribution is -0.159. The summed E-state index contributed by atoms with van der Waals surface area (Å²) in [6.45, 7) is 10.3. The topological polar surface area (TPSA) is 128 Å². The molecular weight excluding hydrogens is 314 g/mol. The van der Waals surface area contributed by atoms with Gasteiger partial charge in [0, 0.05) is 7.05 Å². The number of hydrogen-bond acceptors (Lipinski definition) is 5. The van der Waals surface area contributed by atoms with Gasteiger partial charge in [-0.15, -0.1) is 0 Å². The van der Waals surface area contributed by atoms with Crippen LogP contribution in [0.3, 0.4) is 0 Å². The fourth-order valence-corrected chi connectivity index (χ4v) is 2.48. The van der Waals surface area contributed by atoms with Gasteiger partial charge in [0.1, 0.15) is 6.04 Å². The van der Waals surface area contributed by atoms with Crippen LogP contribution in [0.5, 0.6) is 0 Å². The van der Waals surface area contributed by atoms with Crippen molar-refractivity contribution in [3.05, 3.63) is 0 Å². The van der Waals surface area contributed by atoms with Gasteiger partial charge in [0.25, 0.3) is 5.91 Å². The Hall–Kier alpha value is -1.67. The molecule has 24 heavy (non-hydrogen) atoms. The average molecular weight is 345 g/mol. The molecule has 0 aromatic carbocycles. The number of hydroxylamine groups is 1. The molecule has 0 aliphatic rings. The van der Waals surface area contributed by atoms with Crippen molar-refractivity contribution in [3.8, 4) is 0 Å². The summed E-state index contributed by atoms with van der Waals surface area (Å²) >= 11 is 0. The van der Waals surface area contributed by atoms with Crippen LogP contribution in [0.1, 0.15) is 48.0 Å². The second-order valence-electron chi connectivity index (χ2n) is 7.61. The molecule has 3 amide bonds. The zero-order chi connectivity index (χ0) is 19.3. The van der Waals surface area contributed by atoms with E-state index in [1.165, 1.54) is 19.5 Å². The first-order valence-electron chi connectivity index (χ1n) is 8.00. The van der Waals surface area contributed by atoms with Gasteiger partial charge in [-0.05, 0) is 17.8 Å². The van der Waals surface area contributed by atoms with Gasteiger partial charge in [-0.2, -0.15) is 0 Å². The number of rotatable bonds is 7. The zero-order valence-electron chi connectivity index (χ0n) is 15.6. The Morgan fingerprint density at radius 2 is 1.54 bits per heavy atom. The molecule has 3 atom stereocenters. The van der Waals surface area contributed by atoms with Gasteiger partial charge in [0.05, 0.1) is 5.92 Å². The van der Waals surface area contributed by atoms with Crippen LogP contribution in [0.2, 0.25) is 0 Å². The van der Waals surface area contributed by atoms with E-state index in [4.69, 9.17) is 5.21 Å². The third-order valence-electron chi connectivity index (χ3n) is 3.98. The van der Waals surface area contributed by atoms with Crippen LogP contribution in [-0.2, 0) is 14.4 Å². The van der Waals surface area contributed by atoms with Gasteiger partial charge in [-0.25, -0.2) is 5.48 Å². The number of nitrogens with one attached hydrogen (secondary N) is 3. The first kappa shape index (κ1) is 22.3. The number of aliphatic hydroxyl groups is 1. The molecule has 0 fully saturated rings. The Kier molecular flexibility index (Phi) is 7.85. The number of hydrogen-bond donors (Lipinski definition) is 5. The minimum Gasteiger partial charge on any atom is -0.379 e. The second kappa shape index (κ2) is 8.43. The maximum absolute atomic E-state index is 12.7. The van der Waals surface area contributed by atoms with Gasteiger partial charge in [-0.1, -0.05) is 41.5 Å². The minimum absolute atomic E-state index is 0.00196. The standard InChI is InChI=1S/C16H31N3O5/c1-9(2)8-16(23,10(3)12(20)19-24)14(22)18-11(13(21)17-7)15(4,5)6/h9-11,23-24H,8H2,1-7H3,(H,17,21)(H,18,22)(H,19,20). The summed E-state index contributed by atoms with van der Waals surface area (Å²) in [5.74, 6) is -3.39. The average Bonchev–Trinajstić information content (AvgIpc) is 2.47. The third kappa shape index (κ3) is 5.45. The van der Waals surface area contributed by atoms with E-state index in [2.05, 4.69) is 10.6 Å². The molecule has 0 aromatic rings. The van der Waals surface area contributed by atoms with Crippen LogP contribution in [0, 0.1) is 17.3 Å². The Morgan fingerprint density at radius 3 is 1.88 bits per heavy atom. The molecule has 0 saturated carbocycles. The molecule has 140 valence electrons. The van der Waals surface area contributed by atoms with Crippen molar-refractivity contribution in [2.45, 2.75) is 59.6 Å². The van der Waals surface area contributed by atoms with Crippen molar-refractivity contribution >= 4 is 17.7 Å². The van der Waals surface area contributed by atoms with Crippen molar-refractivity contribution in [2.24, 2.45) is 17.3 Å². The Balaban J connectivity index is 5.67. The van der Waals surface area contributed by atoms with Crippen molar-refractivity contribution in [1.29, 1.82) is 0 Å². The summed E-state index contributed by atoms with van der Waals surface area (Å²) in [5, 5.41) is 24.7. The van der Waals surface area contributed by atoms with Crippen molar-refractivity contribution in [2.75, 3.05) is 7.05 Å². The van der Waals surface area contributed by atoms with Gasteiger partial charge < -0.3 is 15.7 Å². The molecule has 0 bridgehead atoms. The molecule has 8 heteroatoms. The molecule has 0 spiro atoms. The normalized spacial score (nSPS) is 16.8. The van der Waals surface area contributed by atoms with Crippen LogP contribution < -0.4 is 16.1 Å². The summed E-state index contributed by atoms with van der Waals surface area (Å²) in [5.41, 5.74) is -1.20. The number of amides is 3. The van der Waals surface area contributed by atoms with E-state index in [-0.39, 0.29) is 12.3 Å². The lowest BCUT2D eigenvalue weighted by Gasteiger charge is -2.37. The number of likely N-dealkylation sites (N-methyl/N-ethyl adjacent to an activating group) is 1. The number of carbonyl (C=O) groups excluding carboxylic acids is 3. The maximum Gasteiger partial charge on any atom is 0.253 e. The largest absolute Gasteiger partial charge is 0.379 e. The molecule has 0 rings (SSSR count). The highest BCUT2D eigenvalue weighted by Gasteiger charge is 2.47. The lowest BCUT2D eigenvalue weighted by Crippen LogP contribution is -2.62. The Bertz CT molecular complexity index is 473. The Morgan fingerprint density at radius 1 is 1.04 bits per heavy atom. The highest BCUT2D eigenvalue weighted by Crippen LogP contribution is 2.28. The van der Waals surface area contributed by atoms with E-state index in [0.717, 1.165) is 0 Å². The SMILES string of the molecule is CNC(=O)C(NC(=O)C(O)(CC(C)C)C(C)C(=O)NO)C(C)(C)C. The van der Waals surface area contributed by atoms with Crippen LogP contribution in [0.25, 0.3) is 0 Å². The lowest BCUT2D eigenvalue weighted by atomic mass is 9.79. The Labute approximate surface area is 143 Å².